The molecule has 0 bridgehead atoms. The smallest absolute Gasteiger partial charge is 0.265 e. The van der Waals surface area contributed by atoms with Gasteiger partial charge in [-0.25, -0.2) is 0 Å². The molecule has 0 fully saturated rings. The van der Waals surface area contributed by atoms with Crippen LogP contribution in [0.4, 0.5) is 5.69 Å². The van der Waals surface area contributed by atoms with Crippen LogP contribution in [0, 0.1) is 6.92 Å². The third-order valence-electron chi connectivity index (χ3n) is 4.73. The number of benzene rings is 2. The molecule has 0 saturated carbocycles. The molecule has 4 rings (SSSR count). The van der Waals surface area contributed by atoms with Crippen molar-refractivity contribution in [3.63, 3.8) is 0 Å². The molecule has 0 aliphatic carbocycles. The predicted molar refractivity (Wildman–Crippen MR) is 120 cm³/mol. The molecule has 2 heterocycles. The van der Waals surface area contributed by atoms with Crippen LogP contribution in [0.2, 0.25) is 0 Å². The minimum atomic E-state index is -0.159. The summed E-state index contributed by atoms with van der Waals surface area (Å²) in [5.41, 5.74) is 2.74. The summed E-state index contributed by atoms with van der Waals surface area (Å²) in [6, 6.07) is 17.4. The number of nitrogens with zero attached hydrogens (tertiary/aromatic N) is 2. The van der Waals surface area contributed by atoms with Gasteiger partial charge in [0.25, 0.3) is 5.91 Å². The summed E-state index contributed by atoms with van der Waals surface area (Å²) in [5.74, 6) is 1.07. The van der Waals surface area contributed by atoms with Crippen LogP contribution in [-0.4, -0.2) is 29.4 Å². The molecule has 0 aliphatic rings. The van der Waals surface area contributed by atoms with Crippen molar-refractivity contribution < 1.29 is 14.3 Å². The van der Waals surface area contributed by atoms with E-state index < -0.39 is 0 Å². The van der Waals surface area contributed by atoms with E-state index in [-0.39, 0.29) is 5.91 Å². The van der Waals surface area contributed by atoms with Crippen molar-refractivity contribution in [2.75, 3.05) is 19.0 Å². The van der Waals surface area contributed by atoms with Gasteiger partial charge in [0, 0.05) is 17.1 Å². The van der Waals surface area contributed by atoms with E-state index in [4.69, 9.17) is 9.47 Å². The Labute approximate surface area is 179 Å². The Morgan fingerprint density at radius 3 is 2.67 bits per heavy atom. The second kappa shape index (κ2) is 8.59. The van der Waals surface area contributed by atoms with Crippen LogP contribution in [0.5, 0.6) is 11.5 Å². The summed E-state index contributed by atoms with van der Waals surface area (Å²) in [6.07, 6.45) is 0. The first kappa shape index (κ1) is 20.0. The Balaban J connectivity index is 1.57. The molecule has 0 radical (unpaired) electrons. The van der Waals surface area contributed by atoms with Crippen LogP contribution >= 0.6 is 11.3 Å². The molecule has 0 atom stereocenters. The van der Waals surface area contributed by atoms with Gasteiger partial charge in [-0.05, 0) is 37.6 Å². The zero-order valence-electron chi connectivity index (χ0n) is 17.1. The maximum absolute atomic E-state index is 12.9. The molecular weight excluding hydrogens is 398 g/mol. The van der Waals surface area contributed by atoms with Gasteiger partial charge in [-0.3, -0.25) is 9.48 Å². The molecule has 30 heavy (non-hydrogen) atoms. The maximum atomic E-state index is 12.9. The number of amides is 1. The molecule has 6 nitrogen and oxygen atoms in total. The van der Waals surface area contributed by atoms with Gasteiger partial charge in [-0.2, -0.15) is 5.10 Å². The highest BCUT2D eigenvalue weighted by molar-refractivity contribution is 7.20. The molecule has 7 heteroatoms. The summed E-state index contributed by atoms with van der Waals surface area (Å²) in [6.45, 7) is 5.10. The number of fused-ring (bicyclic) bond motifs is 1. The van der Waals surface area contributed by atoms with Crippen molar-refractivity contribution in [2.24, 2.45) is 0 Å². The fraction of sp³-hybridized carbons (Fsp3) is 0.217. The number of aryl methyl sites for hydroxylation is 1. The Morgan fingerprint density at radius 1 is 1.13 bits per heavy atom. The van der Waals surface area contributed by atoms with E-state index in [2.05, 4.69) is 22.5 Å². The van der Waals surface area contributed by atoms with E-state index in [0.717, 1.165) is 15.9 Å². The second-order valence-corrected chi connectivity index (χ2v) is 7.84. The molecule has 0 unspecified atom stereocenters. The number of rotatable bonds is 7. The van der Waals surface area contributed by atoms with Gasteiger partial charge in [0.15, 0.2) is 11.5 Å². The first-order chi connectivity index (χ1) is 14.6. The largest absolute Gasteiger partial charge is 0.493 e. The number of anilines is 1. The molecule has 1 amide bonds. The molecule has 0 spiro atoms. The SMILES string of the molecule is CCOc1ccc(NC(=O)c2cc3c(C)nn(Cc4ccccc4)c3s2)cc1OC. The van der Waals surface area contributed by atoms with Crippen molar-refractivity contribution in [3.05, 3.63) is 70.7 Å². The van der Waals surface area contributed by atoms with E-state index in [1.165, 1.54) is 16.9 Å². The molecular formula is C23H23N3O3S. The molecule has 2 aromatic carbocycles. The predicted octanol–water partition coefficient (Wildman–Crippen LogP) is 5.11. The van der Waals surface area contributed by atoms with Crippen molar-refractivity contribution in [1.82, 2.24) is 9.78 Å². The first-order valence-electron chi connectivity index (χ1n) is 9.72. The van der Waals surface area contributed by atoms with Crippen LogP contribution in [0.25, 0.3) is 10.2 Å². The number of ether oxygens (including phenoxy) is 2. The Bertz CT molecular complexity index is 1180. The number of carbonyl (C=O) groups excluding carboxylic acids is 1. The summed E-state index contributed by atoms with van der Waals surface area (Å²) < 4.78 is 12.9. The van der Waals surface area contributed by atoms with Crippen LogP contribution in [0.3, 0.4) is 0 Å². The van der Waals surface area contributed by atoms with Gasteiger partial charge < -0.3 is 14.8 Å². The van der Waals surface area contributed by atoms with Crippen LogP contribution in [-0.2, 0) is 6.54 Å². The highest BCUT2D eigenvalue weighted by Crippen LogP contribution is 2.32. The second-order valence-electron chi connectivity index (χ2n) is 6.81. The van der Waals surface area contributed by atoms with Gasteiger partial charge >= 0.3 is 0 Å². The van der Waals surface area contributed by atoms with Crippen LogP contribution in [0.1, 0.15) is 27.9 Å². The van der Waals surface area contributed by atoms with E-state index in [0.29, 0.717) is 35.2 Å². The third-order valence-corrected chi connectivity index (χ3v) is 5.87. The summed E-state index contributed by atoms with van der Waals surface area (Å²) in [5, 5.41) is 8.60. The van der Waals surface area contributed by atoms with Gasteiger partial charge in [-0.1, -0.05) is 30.3 Å². The van der Waals surface area contributed by atoms with Gasteiger partial charge in [0.05, 0.1) is 30.8 Å². The summed E-state index contributed by atoms with van der Waals surface area (Å²) >= 11 is 1.45. The molecule has 1 N–H and O–H groups in total. The quantitative estimate of drug-likeness (QED) is 0.450. The van der Waals surface area contributed by atoms with Gasteiger partial charge in [0.2, 0.25) is 0 Å². The topological polar surface area (TPSA) is 65.4 Å². The number of methoxy groups -OCH3 is 1. The third kappa shape index (κ3) is 4.02. The Morgan fingerprint density at radius 2 is 1.93 bits per heavy atom. The summed E-state index contributed by atoms with van der Waals surface area (Å²) in [4.78, 5) is 14.5. The molecule has 0 saturated heterocycles. The van der Waals surface area contributed by atoms with Gasteiger partial charge in [-0.15, -0.1) is 11.3 Å². The zero-order chi connectivity index (χ0) is 21.1. The number of hydrogen-bond acceptors (Lipinski definition) is 5. The lowest BCUT2D eigenvalue weighted by atomic mass is 10.2. The van der Waals surface area contributed by atoms with Crippen molar-refractivity contribution in [3.8, 4) is 11.5 Å². The molecule has 4 aromatic rings. The number of thiophene rings is 1. The Hall–Kier alpha value is -3.32. The summed E-state index contributed by atoms with van der Waals surface area (Å²) in [7, 11) is 1.58. The van der Waals surface area contributed by atoms with Crippen molar-refractivity contribution in [1.29, 1.82) is 0 Å². The average molecular weight is 422 g/mol. The lowest BCUT2D eigenvalue weighted by molar-refractivity contribution is 0.103. The monoisotopic (exact) mass is 421 g/mol. The maximum Gasteiger partial charge on any atom is 0.265 e. The Kier molecular flexibility index (Phi) is 5.72. The van der Waals surface area contributed by atoms with E-state index in [1.54, 1.807) is 25.3 Å². The highest BCUT2D eigenvalue weighted by atomic mass is 32.1. The first-order valence-corrected chi connectivity index (χ1v) is 10.5. The number of nitrogens with one attached hydrogen (secondary N) is 1. The zero-order valence-corrected chi connectivity index (χ0v) is 18.0. The van der Waals surface area contributed by atoms with Crippen molar-refractivity contribution in [2.45, 2.75) is 20.4 Å². The fourth-order valence-electron chi connectivity index (χ4n) is 3.30. The fourth-order valence-corrected chi connectivity index (χ4v) is 4.36. The molecule has 2 aromatic heterocycles. The number of hydrogen-bond donors (Lipinski definition) is 1. The highest BCUT2D eigenvalue weighted by Gasteiger charge is 2.17. The minimum Gasteiger partial charge on any atom is -0.493 e. The number of aromatic nitrogens is 2. The van der Waals surface area contributed by atoms with Crippen LogP contribution < -0.4 is 14.8 Å². The molecule has 154 valence electrons. The lowest BCUT2D eigenvalue weighted by Crippen LogP contribution is -2.10. The normalized spacial score (nSPS) is 10.9. The number of carbonyl (C=O) groups is 1. The van der Waals surface area contributed by atoms with Crippen molar-refractivity contribution >= 4 is 33.1 Å². The minimum absolute atomic E-state index is 0.159. The van der Waals surface area contributed by atoms with Crippen LogP contribution in [0.15, 0.2) is 54.6 Å². The molecule has 0 aliphatic heterocycles. The van der Waals surface area contributed by atoms with E-state index in [9.17, 15) is 4.79 Å². The van der Waals surface area contributed by atoms with E-state index in [1.807, 2.05) is 42.8 Å². The average Bonchev–Trinajstić information content (AvgIpc) is 3.31. The van der Waals surface area contributed by atoms with E-state index >= 15 is 0 Å². The lowest BCUT2D eigenvalue weighted by Gasteiger charge is -2.11. The standard InChI is InChI=1S/C23H23N3O3S/c1-4-29-19-11-10-17(12-20(19)28-3)24-22(27)21-13-18-15(2)25-26(23(18)30-21)14-16-8-6-5-7-9-16/h5-13H,4,14H2,1-3H3,(H,24,27). The van der Waals surface area contributed by atoms with Gasteiger partial charge in [0.1, 0.15) is 4.83 Å².